The lowest BCUT2D eigenvalue weighted by Crippen LogP contribution is -2.38. The van der Waals surface area contributed by atoms with Crippen molar-refractivity contribution in [3.05, 3.63) is 70.2 Å². The Morgan fingerprint density at radius 1 is 0.926 bits per heavy atom. The fourth-order valence-corrected chi connectivity index (χ4v) is 4.09. The molecule has 2 atom stereocenters. The summed E-state index contributed by atoms with van der Waals surface area (Å²) in [5.41, 5.74) is 2.20. The first-order chi connectivity index (χ1) is 13.2. The largest absolute Gasteiger partial charge is 0.367 e. The van der Waals surface area contributed by atoms with E-state index in [4.69, 9.17) is 28.2 Å². The quantitative estimate of drug-likeness (QED) is 0.547. The molecule has 0 saturated heterocycles. The summed E-state index contributed by atoms with van der Waals surface area (Å²) in [6.45, 7) is 0.808. The molecule has 3 nitrogen and oxygen atoms in total. The second kappa shape index (κ2) is 8.47. The van der Waals surface area contributed by atoms with Crippen LogP contribution in [0.3, 0.4) is 0 Å². The van der Waals surface area contributed by atoms with Crippen molar-refractivity contribution in [1.29, 1.82) is 0 Å². The van der Waals surface area contributed by atoms with Crippen LogP contribution in [0.25, 0.3) is 10.9 Å². The molecule has 1 saturated carbocycles. The lowest BCUT2D eigenvalue weighted by molar-refractivity contribution is 0.350. The van der Waals surface area contributed by atoms with E-state index in [-0.39, 0.29) is 0 Å². The molecule has 5 heteroatoms. The summed E-state index contributed by atoms with van der Waals surface area (Å²) >= 11 is 12.1. The first-order valence-electron chi connectivity index (χ1n) is 9.47. The van der Waals surface area contributed by atoms with Crippen LogP contribution in [0, 0.1) is 0 Å². The van der Waals surface area contributed by atoms with Crippen LogP contribution in [0.2, 0.25) is 10.0 Å². The second-order valence-electron chi connectivity index (χ2n) is 7.22. The molecule has 0 amide bonds. The van der Waals surface area contributed by atoms with Gasteiger partial charge in [-0.3, -0.25) is 0 Å². The third kappa shape index (κ3) is 4.73. The van der Waals surface area contributed by atoms with Crippen LogP contribution < -0.4 is 10.6 Å². The van der Waals surface area contributed by atoms with Gasteiger partial charge < -0.3 is 10.6 Å². The van der Waals surface area contributed by atoms with Gasteiger partial charge >= 0.3 is 0 Å². The second-order valence-corrected chi connectivity index (χ2v) is 8.04. The highest BCUT2D eigenvalue weighted by Gasteiger charge is 2.22. The van der Waals surface area contributed by atoms with Gasteiger partial charge in [0.15, 0.2) is 0 Å². The minimum absolute atomic E-state index is 0.443. The van der Waals surface area contributed by atoms with Crippen LogP contribution in [0.4, 0.5) is 5.82 Å². The van der Waals surface area contributed by atoms with Crippen molar-refractivity contribution in [2.75, 3.05) is 5.32 Å². The fraction of sp³-hybridized carbons (Fsp3) is 0.318. The molecule has 27 heavy (non-hydrogen) atoms. The Morgan fingerprint density at radius 3 is 2.67 bits per heavy atom. The molecule has 0 spiro atoms. The normalized spacial score (nSPS) is 19.9. The average molecular weight is 400 g/mol. The third-order valence-electron chi connectivity index (χ3n) is 5.20. The van der Waals surface area contributed by atoms with E-state index in [1.165, 1.54) is 24.6 Å². The van der Waals surface area contributed by atoms with Crippen molar-refractivity contribution in [3.8, 4) is 0 Å². The van der Waals surface area contributed by atoms with E-state index in [1.54, 1.807) is 0 Å². The lowest BCUT2D eigenvalue weighted by Gasteiger charge is -2.31. The molecule has 1 aliphatic rings. The van der Waals surface area contributed by atoms with Crippen LogP contribution >= 0.6 is 23.2 Å². The van der Waals surface area contributed by atoms with Gasteiger partial charge in [-0.2, -0.15) is 0 Å². The third-order valence-corrected chi connectivity index (χ3v) is 5.94. The summed E-state index contributed by atoms with van der Waals surface area (Å²) in [5, 5.41) is 9.68. The summed E-state index contributed by atoms with van der Waals surface area (Å²) in [6, 6.07) is 19.2. The van der Waals surface area contributed by atoms with Crippen LogP contribution in [-0.4, -0.2) is 17.1 Å². The molecular weight excluding hydrogens is 377 g/mol. The first kappa shape index (κ1) is 18.5. The highest BCUT2D eigenvalue weighted by molar-refractivity contribution is 6.42. The zero-order valence-electron chi connectivity index (χ0n) is 15.1. The number of rotatable bonds is 5. The van der Waals surface area contributed by atoms with Gasteiger partial charge in [-0.15, -0.1) is 0 Å². The number of pyridine rings is 1. The molecule has 1 aliphatic carbocycles. The Bertz CT molecular complexity index is 928. The number of para-hydroxylation sites is 1. The Labute approximate surface area is 170 Å². The molecule has 1 heterocycles. The van der Waals surface area contributed by atoms with E-state index < -0.39 is 0 Å². The van der Waals surface area contributed by atoms with Gasteiger partial charge in [-0.05, 0) is 61.6 Å². The predicted molar refractivity (Wildman–Crippen MR) is 115 cm³/mol. The summed E-state index contributed by atoms with van der Waals surface area (Å²) in [6.07, 6.45) is 4.68. The van der Waals surface area contributed by atoms with Crippen molar-refractivity contribution in [2.24, 2.45) is 0 Å². The summed E-state index contributed by atoms with van der Waals surface area (Å²) in [7, 11) is 0. The van der Waals surface area contributed by atoms with Crippen molar-refractivity contribution >= 4 is 39.9 Å². The highest BCUT2D eigenvalue weighted by Crippen LogP contribution is 2.25. The van der Waals surface area contributed by atoms with E-state index in [2.05, 4.69) is 34.9 Å². The molecule has 2 unspecified atom stereocenters. The maximum Gasteiger partial charge on any atom is 0.126 e. The predicted octanol–water partition coefficient (Wildman–Crippen LogP) is 6.05. The minimum Gasteiger partial charge on any atom is -0.367 e. The van der Waals surface area contributed by atoms with Crippen molar-refractivity contribution < 1.29 is 0 Å². The molecule has 4 rings (SSSR count). The topological polar surface area (TPSA) is 37.0 Å². The smallest absolute Gasteiger partial charge is 0.126 e. The van der Waals surface area contributed by atoms with Crippen molar-refractivity contribution in [3.63, 3.8) is 0 Å². The van der Waals surface area contributed by atoms with E-state index >= 15 is 0 Å². The number of fused-ring (bicyclic) bond motifs is 1. The van der Waals surface area contributed by atoms with E-state index in [9.17, 15) is 0 Å². The number of hydrogen-bond donors (Lipinski definition) is 2. The molecule has 3 aromatic rings. The summed E-state index contributed by atoms with van der Waals surface area (Å²) < 4.78 is 0. The Balaban J connectivity index is 1.35. The molecule has 1 aromatic heterocycles. The highest BCUT2D eigenvalue weighted by atomic mass is 35.5. The number of halogens is 2. The average Bonchev–Trinajstić information content (AvgIpc) is 2.69. The van der Waals surface area contributed by atoms with Gasteiger partial charge in [-0.1, -0.05) is 47.5 Å². The zero-order chi connectivity index (χ0) is 18.6. The maximum atomic E-state index is 6.11. The lowest BCUT2D eigenvalue weighted by atomic mass is 9.90. The molecule has 0 aliphatic heterocycles. The Hall–Kier alpha value is -1.81. The monoisotopic (exact) mass is 399 g/mol. The number of benzene rings is 2. The van der Waals surface area contributed by atoms with E-state index in [0.29, 0.717) is 22.1 Å². The van der Waals surface area contributed by atoms with Crippen molar-refractivity contribution in [2.45, 2.75) is 44.3 Å². The van der Waals surface area contributed by atoms with Gasteiger partial charge in [0.1, 0.15) is 5.82 Å². The number of hydrogen-bond acceptors (Lipinski definition) is 3. The minimum atomic E-state index is 0.443. The van der Waals surface area contributed by atoms with Crippen LogP contribution in [0.15, 0.2) is 54.6 Å². The number of nitrogens with one attached hydrogen (secondary N) is 2. The molecule has 0 radical (unpaired) electrons. The molecule has 2 aromatic carbocycles. The van der Waals surface area contributed by atoms with Gasteiger partial charge in [-0.25, -0.2) is 4.98 Å². The number of anilines is 1. The summed E-state index contributed by atoms with van der Waals surface area (Å²) in [5.74, 6) is 0.962. The van der Waals surface area contributed by atoms with E-state index in [1.807, 2.05) is 30.3 Å². The van der Waals surface area contributed by atoms with Gasteiger partial charge in [0, 0.05) is 24.0 Å². The molecule has 2 N–H and O–H groups in total. The molecular formula is C22H23Cl2N3. The van der Waals surface area contributed by atoms with Crippen LogP contribution in [0.1, 0.15) is 31.2 Å². The zero-order valence-corrected chi connectivity index (χ0v) is 16.6. The van der Waals surface area contributed by atoms with Gasteiger partial charge in [0.25, 0.3) is 0 Å². The SMILES string of the molecule is Clc1ccc(CNC2CCCC(Nc3ccc4ccccc4n3)C2)cc1Cl. The van der Waals surface area contributed by atoms with Crippen LogP contribution in [0.5, 0.6) is 0 Å². The molecule has 0 bridgehead atoms. The fourth-order valence-electron chi connectivity index (χ4n) is 3.77. The molecule has 140 valence electrons. The number of aromatic nitrogens is 1. The standard InChI is InChI=1S/C22H23Cl2N3/c23-19-10-8-15(12-20(19)24)14-25-17-5-3-6-18(13-17)26-22-11-9-16-4-1-2-7-21(16)27-22/h1-2,4,7-12,17-18,25H,3,5-6,13-14H2,(H,26,27). The Kier molecular flexibility index (Phi) is 5.82. The maximum absolute atomic E-state index is 6.11. The summed E-state index contributed by atoms with van der Waals surface area (Å²) in [4.78, 5) is 4.75. The Morgan fingerprint density at radius 2 is 1.78 bits per heavy atom. The van der Waals surface area contributed by atoms with Gasteiger partial charge in [0.2, 0.25) is 0 Å². The van der Waals surface area contributed by atoms with Crippen LogP contribution in [-0.2, 0) is 6.54 Å². The molecule has 1 fully saturated rings. The van der Waals surface area contributed by atoms with E-state index in [0.717, 1.165) is 29.9 Å². The van der Waals surface area contributed by atoms with Gasteiger partial charge in [0.05, 0.1) is 15.6 Å². The number of nitrogens with zero attached hydrogens (tertiary/aromatic N) is 1. The first-order valence-corrected chi connectivity index (χ1v) is 10.2. The van der Waals surface area contributed by atoms with Crippen molar-refractivity contribution in [1.82, 2.24) is 10.3 Å².